The van der Waals surface area contributed by atoms with Crippen molar-refractivity contribution in [3.63, 3.8) is 0 Å². The molecule has 0 unspecified atom stereocenters. The lowest BCUT2D eigenvalue weighted by atomic mass is 9.94. The molecule has 2 N–H and O–H groups in total. The number of hydrogen-bond acceptors (Lipinski definition) is 5. The molecule has 0 amide bonds. The Morgan fingerprint density at radius 3 is 2.23 bits per heavy atom. The number of H-pyrrole nitrogens is 1. The summed E-state index contributed by atoms with van der Waals surface area (Å²) in [5.41, 5.74) is 5.87. The summed E-state index contributed by atoms with van der Waals surface area (Å²) in [6.45, 7) is 8.70. The molecule has 0 atom stereocenters. The van der Waals surface area contributed by atoms with Crippen molar-refractivity contribution in [1.29, 1.82) is 0 Å². The van der Waals surface area contributed by atoms with Crippen LogP contribution in [0.2, 0.25) is 0 Å². The van der Waals surface area contributed by atoms with Gasteiger partial charge in [-0.25, -0.2) is 0 Å². The highest BCUT2D eigenvalue weighted by Gasteiger charge is 2.14. The third-order valence-electron chi connectivity index (χ3n) is 5.77. The van der Waals surface area contributed by atoms with Gasteiger partial charge in [0.25, 0.3) is 5.56 Å². The van der Waals surface area contributed by atoms with Crippen LogP contribution in [0.1, 0.15) is 37.0 Å². The zero-order valence-electron chi connectivity index (χ0n) is 20.6. The molecule has 1 aromatic heterocycles. The highest BCUT2D eigenvalue weighted by molar-refractivity contribution is 7.09. The van der Waals surface area contributed by atoms with E-state index in [9.17, 15) is 9.90 Å². The van der Waals surface area contributed by atoms with Gasteiger partial charge in [0, 0.05) is 12.5 Å². The summed E-state index contributed by atoms with van der Waals surface area (Å²) >= 11 is 1.33. The molecule has 0 bridgehead atoms. The van der Waals surface area contributed by atoms with E-state index in [1.165, 1.54) is 17.1 Å². The van der Waals surface area contributed by atoms with Gasteiger partial charge in [-0.2, -0.15) is 0 Å². The monoisotopic (exact) mass is 489 g/mol. The Morgan fingerprint density at radius 2 is 1.60 bits per heavy atom. The molecular formula is C29H31NO4S. The third kappa shape index (κ3) is 6.62. The van der Waals surface area contributed by atoms with Gasteiger partial charge < -0.3 is 14.6 Å². The fourth-order valence-electron chi connectivity index (χ4n) is 4.01. The summed E-state index contributed by atoms with van der Waals surface area (Å²) in [7, 11) is 0. The lowest BCUT2D eigenvalue weighted by Gasteiger charge is -2.18. The van der Waals surface area contributed by atoms with Crippen LogP contribution >= 0.6 is 11.5 Å². The fraction of sp³-hybridized carbons (Fsp3) is 0.276. The zero-order valence-corrected chi connectivity index (χ0v) is 21.4. The predicted octanol–water partition coefficient (Wildman–Crippen LogP) is 6.51. The molecule has 4 rings (SSSR count). The largest absolute Gasteiger partial charge is 0.493 e. The molecule has 0 aliphatic rings. The Kier molecular flexibility index (Phi) is 7.43. The van der Waals surface area contributed by atoms with Gasteiger partial charge in [-0.1, -0.05) is 29.7 Å². The van der Waals surface area contributed by atoms with Crippen LogP contribution in [0.4, 0.5) is 0 Å². The van der Waals surface area contributed by atoms with Crippen LogP contribution in [0.3, 0.4) is 0 Å². The topological polar surface area (TPSA) is 71.5 Å². The summed E-state index contributed by atoms with van der Waals surface area (Å²) in [6.07, 6.45) is 0.575. The first-order valence-electron chi connectivity index (χ1n) is 11.7. The molecule has 0 saturated heterocycles. The minimum Gasteiger partial charge on any atom is -0.493 e. The Balaban J connectivity index is 1.43. The first-order chi connectivity index (χ1) is 16.7. The SMILES string of the molecule is Cc1cc(OCCC(C)(C)O)cc(C)c1-c1cccc(COc2ccc(-c3cc(=O)[nH]s3)cc2)c1. The molecule has 3 aromatic carbocycles. The van der Waals surface area contributed by atoms with E-state index in [2.05, 4.69) is 54.6 Å². The van der Waals surface area contributed by atoms with Gasteiger partial charge in [0.1, 0.15) is 18.1 Å². The van der Waals surface area contributed by atoms with Crippen molar-refractivity contribution in [1.82, 2.24) is 4.37 Å². The van der Waals surface area contributed by atoms with Crippen LogP contribution in [0.5, 0.6) is 11.5 Å². The van der Waals surface area contributed by atoms with E-state index < -0.39 is 5.60 Å². The standard InChI is InChI=1S/C29H31NO4S/c1-19-14-25(33-13-12-29(3,4)32)15-20(2)28(19)23-7-5-6-21(16-23)18-34-24-10-8-22(9-11-24)26-17-27(31)30-35-26/h5-11,14-17,32H,12-13,18H2,1-4H3,(H,30,31). The van der Waals surface area contributed by atoms with Crippen molar-refractivity contribution in [3.8, 4) is 33.1 Å². The molecule has 182 valence electrons. The Morgan fingerprint density at radius 1 is 0.886 bits per heavy atom. The van der Waals surface area contributed by atoms with Crippen LogP contribution in [-0.4, -0.2) is 21.7 Å². The molecule has 1 heterocycles. The number of nitrogens with one attached hydrogen (secondary N) is 1. The van der Waals surface area contributed by atoms with Crippen LogP contribution in [0.15, 0.2) is 71.5 Å². The van der Waals surface area contributed by atoms with Crippen molar-refractivity contribution >= 4 is 11.5 Å². The van der Waals surface area contributed by atoms with Crippen molar-refractivity contribution in [2.45, 2.75) is 46.3 Å². The van der Waals surface area contributed by atoms with E-state index in [1.54, 1.807) is 19.9 Å². The van der Waals surface area contributed by atoms with E-state index in [4.69, 9.17) is 9.47 Å². The molecule has 0 aliphatic heterocycles. The first kappa shape index (κ1) is 24.8. The normalized spacial score (nSPS) is 11.5. The lowest BCUT2D eigenvalue weighted by Crippen LogP contribution is -2.21. The number of ether oxygens (including phenoxy) is 2. The second-order valence-electron chi connectivity index (χ2n) is 9.43. The molecule has 35 heavy (non-hydrogen) atoms. The average molecular weight is 490 g/mol. The number of aromatic nitrogens is 1. The van der Waals surface area contributed by atoms with Gasteiger partial charge in [-0.15, -0.1) is 0 Å². The lowest BCUT2D eigenvalue weighted by molar-refractivity contribution is 0.0553. The molecule has 5 nitrogen and oxygen atoms in total. The van der Waals surface area contributed by atoms with Crippen LogP contribution in [-0.2, 0) is 6.61 Å². The Labute approximate surface area is 210 Å². The van der Waals surface area contributed by atoms with Crippen molar-refractivity contribution in [2.75, 3.05) is 6.61 Å². The van der Waals surface area contributed by atoms with E-state index >= 15 is 0 Å². The molecule has 0 aliphatic carbocycles. The van der Waals surface area contributed by atoms with E-state index in [-0.39, 0.29) is 5.56 Å². The first-order valence-corrected chi connectivity index (χ1v) is 12.5. The number of aliphatic hydroxyl groups is 1. The summed E-state index contributed by atoms with van der Waals surface area (Å²) in [5.74, 6) is 1.60. The van der Waals surface area contributed by atoms with Gasteiger partial charge in [0.2, 0.25) is 0 Å². The molecule has 6 heteroatoms. The third-order valence-corrected chi connectivity index (χ3v) is 6.65. The smallest absolute Gasteiger partial charge is 0.258 e. The highest BCUT2D eigenvalue weighted by Crippen LogP contribution is 2.32. The van der Waals surface area contributed by atoms with Crippen LogP contribution in [0.25, 0.3) is 21.6 Å². The zero-order chi connectivity index (χ0) is 25.0. The van der Waals surface area contributed by atoms with Crippen molar-refractivity contribution in [3.05, 3.63) is 93.8 Å². The molecular weight excluding hydrogens is 458 g/mol. The number of benzene rings is 3. The van der Waals surface area contributed by atoms with Gasteiger partial charge in [-0.3, -0.25) is 9.17 Å². The minimum absolute atomic E-state index is 0.0800. The molecule has 4 aromatic rings. The maximum Gasteiger partial charge on any atom is 0.258 e. The second-order valence-corrected chi connectivity index (χ2v) is 10.3. The maximum atomic E-state index is 11.4. The van der Waals surface area contributed by atoms with Gasteiger partial charge in [0.15, 0.2) is 0 Å². The number of aryl methyl sites for hydroxylation is 2. The molecule has 0 radical (unpaired) electrons. The minimum atomic E-state index is -0.737. The summed E-state index contributed by atoms with van der Waals surface area (Å²) in [6, 6.07) is 21.9. The predicted molar refractivity (Wildman–Crippen MR) is 142 cm³/mol. The Hall–Kier alpha value is -3.35. The molecule has 0 saturated carbocycles. The highest BCUT2D eigenvalue weighted by atomic mass is 32.1. The van der Waals surface area contributed by atoms with Crippen LogP contribution < -0.4 is 15.0 Å². The molecule has 0 spiro atoms. The summed E-state index contributed by atoms with van der Waals surface area (Å²) in [5, 5.41) is 9.90. The fourth-order valence-corrected chi connectivity index (χ4v) is 4.69. The van der Waals surface area contributed by atoms with E-state index in [0.717, 1.165) is 44.2 Å². The van der Waals surface area contributed by atoms with Crippen molar-refractivity contribution in [2.24, 2.45) is 0 Å². The van der Waals surface area contributed by atoms with Gasteiger partial charge in [0.05, 0.1) is 17.1 Å². The van der Waals surface area contributed by atoms with Gasteiger partial charge >= 0.3 is 0 Å². The summed E-state index contributed by atoms with van der Waals surface area (Å²) in [4.78, 5) is 12.3. The average Bonchev–Trinajstić information content (AvgIpc) is 3.23. The number of aromatic amines is 1. The maximum absolute atomic E-state index is 11.4. The number of rotatable bonds is 9. The van der Waals surface area contributed by atoms with Gasteiger partial charge in [-0.05, 0) is 104 Å². The van der Waals surface area contributed by atoms with E-state index in [0.29, 0.717) is 19.6 Å². The second kappa shape index (κ2) is 10.5. The Bertz CT molecular complexity index is 1320. The number of hydrogen-bond donors (Lipinski definition) is 2. The van der Waals surface area contributed by atoms with Crippen molar-refractivity contribution < 1.29 is 14.6 Å². The summed E-state index contributed by atoms with van der Waals surface area (Å²) < 4.78 is 14.6. The molecule has 0 fully saturated rings. The van der Waals surface area contributed by atoms with Crippen LogP contribution in [0, 0.1) is 13.8 Å². The quantitative estimate of drug-likeness (QED) is 0.281. The van der Waals surface area contributed by atoms with E-state index in [1.807, 2.05) is 24.3 Å².